The lowest BCUT2D eigenvalue weighted by Gasteiger charge is -2.22. The van der Waals surface area contributed by atoms with Gasteiger partial charge in [-0.3, -0.25) is 0 Å². The summed E-state index contributed by atoms with van der Waals surface area (Å²) < 4.78 is 5.37. The van der Waals surface area contributed by atoms with Crippen molar-refractivity contribution in [2.45, 2.75) is 25.4 Å². The Kier molecular flexibility index (Phi) is 3.02. The molecule has 1 fully saturated rings. The highest BCUT2D eigenvalue weighted by Gasteiger charge is 2.18. The van der Waals surface area contributed by atoms with Crippen LogP contribution in [0.2, 0.25) is 0 Å². The summed E-state index contributed by atoms with van der Waals surface area (Å²) in [7, 11) is 2.13. The first-order valence-electron chi connectivity index (χ1n) is 3.82. The SMILES string of the molecule is C=C(C(=O)[SiH])C1CCCCO1. The third-order valence-corrected chi connectivity index (χ3v) is 2.26. The zero-order chi connectivity index (χ0) is 8.27. The van der Waals surface area contributed by atoms with Gasteiger partial charge in [0.1, 0.15) is 15.6 Å². The van der Waals surface area contributed by atoms with Crippen molar-refractivity contribution in [1.29, 1.82) is 0 Å². The fourth-order valence-electron chi connectivity index (χ4n) is 1.17. The molecule has 0 saturated carbocycles. The van der Waals surface area contributed by atoms with Gasteiger partial charge in [-0.1, -0.05) is 6.58 Å². The number of rotatable bonds is 2. The maximum Gasteiger partial charge on any atom is 0.129 e. The summed E-state index contributed by atoms with van der Waals surface area (Å²) in [5.74, 6) is 0. The summed E-state index contributed by atoms with van der Waals surface area (Å²) in [6.45, 7) is 4.45. The average molecular weight is 168 g/mol. The summed E-state index contributed by atoms with van der Waals surface area (Å²) in [6, 6.07) is 0. The van der Waals surface area contributed by atoms with Crippen LogP contribution in [0.15, 0.2) is 12.2 Å². The van der Waals surface area contributed by atoms with E-state index < -0.39 is 0 Å². The molecule has 11 heavy (non-hydrogen) atoms. The molecule has 0 aromatic heterocycles. The minimum Gasteiger partial charge on any atom is -0.373 e. The molecule has 0 aliphatic carbocycles. The molecule has 1 aliphatic heterocycles. The van der Waals surface area contributed by atoms with Crippen molar-refractivity contribution in [3.05, 3.63) is 12.2 Å². The summed E-state index contributed by atoms with van der Waals surface area (Å²) in [5.41, 5.74) is 0.592. The third kappa shape index (κ3) is 2.27. The first-order chi connectivity index (χ1) is 5.22. The number of hydrogen-bond acceptors (Lipinski definition) is 2. The van der Waals surface area contributed by atoms with Crippen LogP contribution in [-0.4, -0.2) is 28.4 Å². The van der Waals surface area contributed by atoms with E-state index in [1.165, 1.54) is 0 Å². The predicted molar refractivity (Wildman–Crippen MR) is 44.9 cm³/mol. The smallest absolute Gasteiger partial charge is 0.129 e. The highest BCUT2D eigenvalue weighted by Crippen LogP contribution is 2.18. The molecular weight excluding hydrogens is 156 g/mol. The Labute approximate surface area is 70.0 Å². The Hall–Kier alpha value is -0.413. The minimum absolute atomic E-state index is 0.0197. The largest absolute Gasteiger partial charge is 0.373 e. The van der Waals surface area contributed by atoms with Gasteiger partial charge in [-0.15, -0.1) is 0 Å². The lowest BCUT2D eigenvalue weighted by Crippen LogP contribution is -2.24. The molecular formula is C8H12O2Si. The van der Waals surface area contributed by atoms with Gasteiger partial charge in [0.25, 0.3) is 0 Å². The molecule has 2 radical (unpaired) electrons. The van der Waals surface area contributed by atoms with Crippen LogP contribution in [0.3, 0.4) is 0 Å². The molecule has 1 heterocycles. The second kappa shape index (κ2) is 3.83. The molecule has 0 aromatic rings. The molecule has 3 heteroatoms. The van der Waals surface area contributed by atoms with E-state index in [-0.39, 0.29) is 11.5 Å². The first kappa shape index (κ1) is 8.68. The van der Waals surface area contributed by atoms with Crippen LogP contribution in [0.5, 0.6) is 0 Å². The molecule has 0 spiro atoms. The van der Waals surface area contributed by atoms with Crippen molar-refractivity contribution >= 4 is 15.6 Å². The monoisotopic (exact) mass is 168 g/mol. The van der Waals surface area contributed by atoms with Crippen molar-refractivity contribution in [2.24, 2.45) is 0 Å². The van der Waals surface area contributed by atoms with Gasteiger partial charge in [-0.25, -0.2) is 0 Å². The minimum atomic E-state index is -0.0306. The van der Waals surface area contributed by atoms with Crippen LogP contribution in [-0.2, 0) is 9.53 Å². The molecule has 0 amide bonds. The molecule has 0 bridgehead atoms. The summed E-state index contributed by atoms with van der Waals surface area (Å²) in [5, 5.41) is -0.0306. The molecule has 2 nitrogen and oxygen atoms in total. The van der Waals surface area contributed by atoms with Crippen LogP contribution in [0.1, 0.15) is 19.3 Å². The topological polar surface area (TPSA) is 26.3 Å². The molecule has 60 valence electrons. The summed E-state index contributed by atoms with van der Waals surface area (Å²) >= 11 is 0. The lowest BCUT2D eigenvalue weighted by atomic mass is 10.0. The Morgan fingerprint density at radius 3 is 2.73 bits per heavy atom. The van der Waals surface area contributed by atoms with E-state index in [1.54, 1.807) is 0 Å². The van der Waals surface area contributed by atoms with Crippen molar-refractivity contribution in [3.63, 3.8) is 0 Å². The second-order valence-corrected chi connectivity index (χ2v) is 3.27. The van der Waals surface area contributed by atoms with Gasteiger partial charge in [0.2, 0.25) is 0 Å². The maximum absolute atomic E-state index is 10.8. The molecule has 1 rings (SSSR count). The van der Waals surface area contributed by atoms with E-state index in [0.717, 1.165) is 25.9 Å². The zero-order valence-corrected chi connectivity index (χ0v) is 7.66. The van der Waals surface area contributed by atoms with E-state index >= 15 is 0 Å². The predicted octanol–water partition coefficient (Wildman–Crippen LogP) is 0.539. The number of carbonyl (C=O) groups excluding carboxylic acids is 1. The van der Waals surface area contributed by atoms with Crippen LogP contribution in [0.25, 0.3) is 0 Å². The van der Waals surface area contributed by atoms with E-state index in [2.05, 4.69) is 16.8 Å². The van der Waals surface area contributed by atoms with Gasteiger partial charge in [0.05, 0.1) is 6.10 Å². The van der Waals surface area contributed by atoms with Crippen LogP contribution < -0.4 is 0 Å². The molecule has 1 atom stereocenters. The van der Waals surface area contributed by atoms with Gasteiger partial charge < -0.3 is 9.53 Å². The Morgan fingerprint density at radius 1 is 1.55 bits per heavy atom. The van der Waals surface area contributed by atoms with Gasteiger partial charge >= 0.3 is 0 Å². The highest BCUT2D eigenvalue weighted by atomic mass is 28.1. The van der Waals surface area contributed by atoms with E-state index in [9.17, 15) is 4.79 Å². The number of hydrogen-bond donors (Lipinski definition) is 0. The van der Waals surface area contributed by atoms with E-state index in [1.807, 2.05) is 0 Å². The molecule has 1 saturated heterocycles. The molecule has 0 N–H and O–H groups in total. The van der Waals surface area contributed by atoms with Crippen LogP contribution in [0.4, 0.5) is 0 Å². The van der Waals surface area contributed by atoms with Gasteiger partial charge in [-0.05, 0) is 19.3 Å². The summed E-state index contributed by atoms with van der Waals surface area (Å²) in [6.07, 6.45) is 3.17. The molecule has 1 aliphatic rings. The standard InChI is InChI=1S/C8H12O2Si/c1-6(8(9)11)7-4-2-3-5-10-7/h7,11H,1-5H2. The van der Waals surface area contributed by atoms with Crippen LogP contribution >= 0.6 is 0 Å². The first-order valence-corrected chi connectivity index (χ1v) is 4.40. The average Bonchev–Trinajstić information content (AvgIpc) is 2.05. The maximum atomic E-state index is 10.8. The highest BCUT2D eigenvalue weighted by molar-refractivity contribution is 6.62. The Morgan fingerprint density at radius 2 is 2.27 bits per heavy atom. The van der Waals surface area contributed by atoms with E-state index in [4.69, 9.17) is 4.74 Å². The fraction of sp³-hybridized carbons (Fsp3) is 0.625. The zero-order valence-electron chi connectivity index (χ0n) is 6.51. The normalized spacial score (nSPS) is 24.6. The number of carbonyl (C=O) groups is 1. The number of ether oxygens (including phenoxy) is 1. The van der Waals surface area contributed by atoms with Crippen molar-refractivity contribution in [3.8, 4) is 0 Å². The molecule has 1 unspecified atom stereocenters. The third-order valence-electron chi connectivity index (χ3n) is 1.88. The van der Waals surface area contributed by atoms with Crippen molar-refractivity contribution in [1.82, 2.24) is 0 Å². The summed E-state index contributed by atoms with van der Waals surface area (Å²) in [4.78, 5) is 10.8. The van der Waals surface area contributed by atoms with Gasteiger partial charge in [0, 0.05) is 12.2 Å². The van der Waals surface area contributed by atoms with E-state index in [0.29, 0.717) is 5.57 Å². The Balaban J connectivity index is 2.45. The fourth-order valence-corrected chi connectivity index (χ4v) is 1.36. The van der Waals surface area contributed by atoms with Crippen LogP contribution in [0, 0.1) is 0 Å². The van der Waals surface area contributed by atoms with Crippen molar-refractivity contribution in [2.75, 3.05) is 6.61 Å². The van der Waals surface area contributed by atoms with Gasteiger partial charge in [-0.2, -0.15) is 0 Å². The Bertz CT molecular complexity index is 171. The van der Waals surface area contributed by atoms with Gasteiger partial charge in [0.15, 0.2) is 0 Å². The lowest BCUT2D eigenvalue weighted by molar-refractivity contribution is -0.110. The van der Waals surface area contributed by atoms with Crippen molar-refractivity contribution < 1.29 is 9.53 Å². The second-order valence-electron chi connectivity index (χ2n) is 2.74. The quantitative estimate of drug-likeness (QED) is 0.444. The molecule has 0 aromatic carbocycles.